The normalized spacial score (nSPS) is 10.7. The zero-order valence-electron chi connectivity index (χ0n) is 11.3. The third-order valence-corrected chi connectivity index (χ3v) is 3.05. The molecule has 0 heterocycles. The largest absolute Gasteiger partial charge is 0.392 e. The summed E-state index contributed by atoms with van der Waals surface area (Å²) < 4.78 is 0. The van der Waals surface area contributed by atoms with Gasteiger partial charge in [0, 0.05) is 17.3 Å². The summed E-state index contributed by atoms with van der Waals surface area (Å²) in [7, 11) is 0. The topological polar surface area (TPSA) is 49.3 Å². The van der Waals surface area contributed by atoms with Crippen LogP contribution in [0.5, 0.6) is 0 Å². The summed E-state index contributed by atoms with van der Waals surface area (Å²) >= 11 is 0. The van der Waals surface area contributed by atoms with Crippen molar-refractivity contribution in [3.63, 3.8) is 0 Å². The average molecular weight is 267 g/mol. The van der Waals surface area contributed by atoms with Crippen molar-refractivity contribution >= 4 is 17.7 Å². The highest BCUT2D eigenvalue weighted by atomic mass is 16.3. The molecular formula is C17H17NO2. The highest BCUT2D eigenvalue weighted by molar-refractivity contribution is 6.02. The molecule has 0 unspecified atom stereocenters. The molecule has 0 bridgehead atoms. The number of aliphatic hydroxyl groups is 1. The summed E-state index contributed by atoms with van der Waals surface area (Å²) in [5.74, 6) is -0.214. The van der Waals surface area contributed by atoms with Gasteiger partial charge in [0.15, 0.2) is 0 Å². The maximum atomic E-state index is 11.9. The van der Waals surface area contributed by atoms with Crippen molar-refractivity contribution in [2.24, 2.45) is 0 Å². The highest BCUT2D eigenvalue weighted by Gasteiger charge is 2.03. The summed E-state index contributed by atoms with van der Waals surface area (Å²) in [5.41, 5.74) is 3.46. The van der Waals surface area contributed by atoms with Crippen LogP contribution in [0.2, 0.25) is 0 Å². The molecule has 0 aliphatic rings. The molecule has 0 spiro atoms. The Morgan fingerprint density at radius 1 is 1.15 bits per heavy atom. The minimum Gasteiger partial charge on any atom is -0.392 e. The van der Waals surface area contributed by atoms with Crippen LogP contribution in [0.1, 0.15) is 16.7 Å². The summed E-state index contributed by atoms with van der Waals surface area (Å²) in [6, 6.07) is 15.0. The van der Waals surface area contributed by atoms with Crippen molar-refractivity contribution in [2.75, 3.05) is 5.32 Å². The van der Waals surface area contributed by atoms with Crippen molar-refractivity contribution in [1.82, 2.24) is 0 Å². The van der Waals surface area contributed by atoms with Crippen molar-refractivity contribution in [3.8, 4) is 0 Å². The molecule has 2 rings (SSSR count). The molecule has 0 aliphatic heterocycles. The number of carbonyl (C=O) groups is 1. The van der Waals surface area contributed by atoms with E-state index in [0.29, 0.717) is 11.3 Å². The Balaban J connectivity index is 2.08. The van der Waals surface area contributed by atoms with E-state index < -0.39 is 0 Å². The molecule has 102 valence electrons. The minimum atomic E-state index is -0.214. The second kappa shape index (κ2) is 6.68. The number of rotatable bonds is 4. The van der Waals surface area contributed by atoms with Gasteiger partial charge in [0.1, 0.15) is 0 Å². The Hall–Kier alpha value is -2.39. The van der Waals surface area contributed by atoms with E-state index >= 15 is 0 Å². The van der Waals surface area contributed by atoms with Gasteiger partial charge >= 0.3 is 0 Å². The number of hydrogen-bond donors (Lipinski definition) is 2. The minimum absolute atomic E-state index is 0.0992. The molecule has 0 saturated carbocycles. The first-order valence-corrected chi connectivity index (χ1v) is 6.44. The van der Waals surface area contributed by atoms with Crippen molar-refractivity contribution in [1.29, 1.82) is 0 Å². The van der Waals surface area contributed by atoms with Crippen molar-refractivity contribution < 1.29 is 9.90 Å². The molecule has 0 saturated heterocycles. The van der Waals surface area contributed by atoms with Gasteiger partial charge in [-0.2, -0.15) is 0 Å². The Morgan fingerprint density at radius 3 is 2.60 bits per heavy atom. The van der Waals surface area contributed by atoms with Gasteiger partial charge in [0.05, 0.1) is 6.61 Å². The van der Waals surface area contributed by atoms with Gasteiger partial charge in [0.25, 0.3) is 0 Å². The van der Waals surface area contributed by atoms with E-state index in [4.69, 9.17) is 0 Å². The lowest BCUT2D eigenvalue weighted by Gasteiger charge is -2.07. The van der Waals surface area contributed by atoms with Gasteiger partial charge in [-0.1, -0.05) is 42.5 Å². The van der Waals surface area contributed by atoms with Crippen LogP contribution in [0.4, 0.5) is 5.69 Å². The lowest BCUT2D eigenvalue weighted by Crippen LogP contribution is -2.09. The van der Waals surface area contributed by atoms with E-state index in [2.05, 4.69) is 5.32 Å². The number of para-hydroxylation sites is 1. The highest BCUT2D eigenvalue weighted by Crippen LogP contribution is 2.15. The molecule has 0 fully saturated rings. The van der Waals surface area contributed by atoms with Gasteiger partial charge in [0.2, 0.25) is 5.91 Å². The molecule has 3 nitrogen and oxygen atoms in total. The van der Waals surface area contributed by atoms with Crippen LogP contribution in [0, 0.1) is 6.92 Å². The summed E-state index contributed by atoms with van der Waals surface area (Å²) in [6.07, 6.45) is 3.28. The third-order valence-electron chi connectivity index (χ3n) is 3.05. The Kier molecular flexibility index (Phi) is 4.69. The van der Waals surface area contributed by atoms with E-state index in [-0.39, 0.29) is 12.5 Å². The van der Waals surface area contributed by atoms with Crippen LogP contribution in [0.15, 0.2) is 54.6 Å². The second-order valence-electron chi connectivity index (χ2n) is 4.49. The standard InChI is InChI=1S/C17H17NO2/c1-13-6-2-3-7-14(13)10-11-17(20)18-16-9-5-4-8-15(16)12-19/h2-11,19H,12H2,1H3,(H,18,20). The fraction of sp³-hybridized carbons (Fsp3) is 0.118. The van der Waals surface area contributed by atoms with Crippen LogP contribution in [-0.2, 0) is 11.4 Å². The first kappa shape index (κ1) is 14.0. The van der Waals surface area contributed by atoms with Gasteiger partial charge in [-0.15, -0.1) is 0 Å². The van der Waals surface area contributed by atoms with Gasteiger partial charge in [-0.25, -0.2) is 0 Å². The molecule has 2 aromatic carbocycles. The lowest BCUT2D eigenvalue weighted by molar-refractivity contribution is -0.111. The van der Waals surface area contributed by atoms with E-state index in [1.165, 1.54) is 6.08 Å². The molecule has 3 heteroatoms. The molecule has 2 aromatic rings. The van der Waals surface area contributed by atoms with Gasteiger partial charge < -0.3 is 10.4 Å². The summed E-state index contributed by atoms with van der Waals surface area (Å²) in [4.78, 5) is 11.9. The number of amides is 1. The molecule has 20 heavy (non-hydrogen) atoms. The van der Waals surface area contributed by atoms with E-state index in [0.717, 1.165) is 11.1 Å². The average Bonchev–Trinajstić information content (AvgIpc) is 2.47. The van der Waals surface area contributed by atoms with Crippen LogP contribution >= 0.6 is 0 Å². The number of nitrogens with one attached hydrogen (secondary N) is 1. The maximum absolute atomic E-state index is 11.9. The number of aliphatic hydroxyl groups excluding tert-OH is 1. The van der Waals surface area contributed by atoms with E-state index in [9.17, 15) is 9.90 Å². The predicted octanol–water partition coefficient (Wildman–Crippen LogP) is 3.14. The second-order valence-corrected chi connectivity index (χ2v) is 4.49. The predicted molar refractivity (Wildman–Crippen MR) is 81.2 cm³/mol. The SMILES string of the molecule is Cc1ccccc1C=CC(=O)Nc1ccccc1CO. The monoisotopic (exact) mass is 267 g/mol. The fourth-order valence-corrected chi connectivity index (χ4v) is 1.89. The quantitative estimate of drug-likeness (QED) is 0.836. The maximum Gasteiger partial charge on any atom is 0.248 e. The zero-order chi connectivity index (χ0) is 14.4. The molecule has 0 radical (unpaired) electrons. The Morgan fingerprint density at radius 2 is 1.85 bits per heavy atom. The van der Waals surface area contributed by atoms with Crippen LogP contribution in [0.25, 0.3) is 6.08 Å². The summed E-state index contributed by atoms with van der Waals surface area (Å²) in [6.45, 7) is 1.90. The number of aryl methyl sites for hydroxylation is 1. The first-order valence-electron chi connectivity index (χ1n) is 6.44. The van der Waals surface area contributed by atoms with Crippen LogP contribution in [-0.4, -0.2) is 11.0 Å². The molecule has 2 N–H and O–H groups in total. The zero-order valence-corrected chi connectivity index (χ0v) is 11.3. The number of hydrogen-bond acceptors (Lipinski definition) is 2. The fourth-order valence-electron chi connectivity index (χ4n) is 1.89. The van der Waals surface area contributed by atoms with Crippen LogP contribution < -0.4 is 5.32 Å². The molecule has 1 amide bonds. The number of carbonyl (C=O) groups excluding carboxylic acids is 1. The molecule has 0 atom stereocenters. The Labute approximate surface area is 118 Å². The first-order chi connectivity index (χ1) is 9.70. The molecule has 0 aromatic heterocycles. The molecular weight excluding hydrogens is 250 g/mol. The number of anilines is 1. The summed E-state index contributed by atoms with van der Waals surface area (Å²) in [5, 5.41) is 12.0. The van der Waals surface area contributed by atoms with Gasteiger partial charge in [-0.3, -0.25) is 4.79 Å². The van der Waals surface area contributed by atoms with E-state index in [1.54, 1.807) is 18.2 Å². The van der Waals surface area contributed by atoms with Crippen LogP contribution in [0.3, 0.4) is 0 Å². The lowest BCUT2D eigenvalue weighted by atomic mass is 10.1. The number of benzene rings is 2. The Bertz CT molecular complexity index is 632. The third kappa shape index (κ3) is 3.56. The van der Waals surface area contributed by atoms with Crippen molar-refractivity contribution in [3.05, 3.63) is 71.3 Å². The van der Waals surface area contributed by atoms with E-state index in [1.807, 2.05) is 43.3 Å². The van der Waals surface area contributed by atoms with Crippen molar-refractivity contribution in [2.45, 2.75) is 13.5 Å². The van der Waals surface area contributed by atoms with Gasteiger partial charge in [-0.05, 0) is 30.2 Å². The smallest absolute Gasteiger partial charge is 0.248 e. The molecule has 0 aliphatic carbocycles.